The van der Waals surface area contributed by atoms with Gasteiger partial charge in [-0.2, -0.15) is 5.26 Å². The highest BCUT2D eigenvalue weighted by Gasteiger charge is 2.27. The van der Waals surface area contributed by atoms with E-state index in [-0.39, 0.29) is 35.1 Å². The number of ether oxygens (including phenoxy) is 1. The minimum atomic E-state index is -0.600. The molecule has 0 aromatic carbocycles. The number of nitriles is 1. The largest absolute Gasteiger partial charge is 0.383 e. The van der Waals surface area contributed by atoms with Crippen LogP contribution in [-0.2, 0) is 14.3 Å². The molecule has 3 N–H and O–H groups in total. The molecule has 0 spiro atoms. The van der Waals surface area contributed by atoms with E-state index < -0.39 is 5.91 Å². The summed E-state index contributed by atoms with van der Waals surface area (Å²) in [6, 6.07) is 5.46. The Hall–Kier alpha value is -3.71. The van der Waals surface area contributed by atoms with Gasteiger partial charge in [0.15, 0.2) is 0 Å². The molecule has 32 heavy (non-hydrogen) atoms. The third-order valence-electron chi connectivity index (χ3n) is 5.51. The van der Waals surface area contributed by atoms with Gasteiger partial charge in [-0.25, -0.2) is 4.98 Å². The molecular formula is C22H26N6O4. The van der Waals surface area contributed by atoms with E-state index in [1.54, 1.807) is 12.3 Å². The Balaban J connectivity index is 2.09. The molecule has 2 aromatic rings. The highest BCUT2D eigenvalue weighted by atomic mass is 16.5. The average molecular weight is 438 g/mol. The van der Waals surface area contributed by atoms with E-state index in [4.69, 9.17) is 15.5 Å². The monoisotopic (exact) mass is 438 g/mol. The van der Waals surface area contributed by atoms with Gasteiger partial charge in [0.2, 0.25) is 5.91 Å². The molecule has 1 saturated heterocycles. The predicted molar refractivity (Wildman–Crippen MR) is 119 cm³/mol. The summed E-state index contributed by atoms with van der Waals surface area (Å²) in [5.41, 5.74) is 6.29. The molecule has 2 amide bonds. The normalized spacial score (nSPS) is 14.9. The van der Waals surface area contributed by atoms with Gasteiger partial charge in [-0.05, 0) is 37.5 Å². The summed E-state index contributed by atoms with van der Waals surface area (Å²) < 4.78 is 6.31. The van der Waals surface area contributed by atoms with E-state index in [2.05, 4.69) is 5.32 Å². The average Bonchev–Trinajstić information content (AvgIpc) is 2.79. The van der Waals surface area contributed by atoms with Crippen LogP contribution < -0.4 is 21.5 Å². The van der Waals surface area contributed by atoms with Crippen molar-refractivity contribution < 1.29 is 14.3 Å². The number of carbonyl (C=O) groups excluding carboxylic acids is 2. The van der Waals surface area contributed by atoms with Gasteiger partial charge in [0.25, 0.3) is 11.5 Å². The molecule has 10 heteroatoms. The van der Waals surface area contributed by atoms with Crippen molar-refractivity contribution in [2.24, 2.45) is 11.7 Å². The van der Waals surface area contributed by atoms with E-state index in [1.165, 1.54) is 17.6 Å². The van der Waals surface area contributed by atoms with Crippen LogP contribution in [0.2, 0.25) is 0 Å². The molecule has 0 radical (unpaired) electrons. The van der Waals surface area contributed by atoms with Crippen LogP contribution in [0, 0.1) is 24.2 Å². The summed E-state index contributed by atoms with van der Waals surface area (Å²) in [5, 5.41) is 12.1. The summed E-state index contributed by atoms with van der Waals surface area (Å²) in [5.74, 6) is -0.789. The minimum Gasteiger partial charge on any atom is -0.383 e. The van der Waals surface area contributed by atoms with Gasteiger partial charge in [-0.3, -0.25) is 18.8 Å². The van der Waals surface area contributed by atoms with Crippen molar-refractivity contribution in [3.05, 3.63) is 45.4 Å². The first kappa shape index (κ1) is 23.0. The number of amides is 2. The van der Waals surface area contributed by atoms with E-state index in [0.717, 1.165) is 5.56 Å². The summed E-state index contributed by atoms with van der Waals surface area (Å²) in [4.78, 5) is 44.0. The molecule has 3 heterocycles. The molecule has 3 rings (SSSR count). The number of nitrogens with zero attached hydrogens (tertiary/aromatic N) is 4. The first-order valence-electron chi connectivity index (χ1n) is 10.3. The second-order valence-corrected chi connectivity index (χ2v) is 7.62. The lowest BCUT2D eigenvalue weighted by Gasteiger charge is -2.32. The topological polar surface area (TPSA) is 143 Å². The Morgan fingerprint density at radius 3 is 2.75 bits per heavy atom. The molecule has 10 nitrogen and oxygen atoms in total. The van der Waals surface area contributed by atoms with Gasteiger partial charge in [0, 0.05) is 38.9 Å². The smallest absolute Gasteiger partial charge is 0.267 e. The highest BCUT2D eigenvalue weighted by Crippen LogP contribution is 2.26. The summed E-state index contributed by atoms with van der Waals surface area (Å²) >= 11 is 0. The maximum Gasteiger partial charge on any atom is 0.267 e. The van der Waals surface area contributed by atoms with Crippen LogP contribution in [0.5, 0.6) is 0 Å². The van der Waals surface area contributed by atoms with Gasteiger partial charge in [0.05, 0.1) is 12.2 Å². The van der Waals surface area contributed by atoms with Crippen LogP contribution in [0.1, 0.15) is 24.0 Å². The molecule has 168 valence electrons. The molecule has 1 aliphatic heterocycles. The van der Waals surface area contributed by atoms with Crippen LogP contribution in [0.15, 0.2) is 28.7 Å². The molecule has 0 saturated carbocycles. The SMILES string of the molecule is COCCNC(=O)/C(C#N)=C/c1c(N2CCC(C(N)=O)CC2)nc2c(C)cccn2c1=O. The molecule has 0 aliphatic carbocycles. The van der Waals surface area contributed by atoms with E-state index in [1.807, 2.05) is 24.0 Å². The Labute approximate surface area is 185 Å². The lowest BCUT2D eigenvalue weighted by Crippen LogP contribution is -2.40. The second kappa shape index (κ2) is 10.1. The standard InChI is InChI=1S/C22H26N6O4/c1-14-4-3-8-28-19(14)26-20(27-9-5-15(6-10-27)18(24)29)17(22(28)31)12-16(13-23)21(30)25-7-11-32-2/h3-4,8,12,15H,5-7,9-11H2,1-2H3,(H2,24,29)(H,25,30)/b16-12+. The molecule has 0 atom stereocenters. The highest BCUT2D eigenvalue weighted by molar-refractivity contribution is 6.02. The lowest BCUT2D eigenvalue weighted by molar-refractivity contribution is -0.122. The first-order chi connectivity index (χ1) is 15.4. The van der Waals surface area contributed by atoms with Crippen molar-refractivity contribution in [3.8, 4) is 6.07 Å². The number of pyridine rings is 1. The van der Waals surface area contributed by atoms with Crippen molar-refractivity contribution in [2.75, 3.05) is 38.3 Å². The number of carbonyl (C=O) groups is 2. The van der Waals surface area contributed by atoms with Crippen LogP contribution in [0.4, 0.5) is 5.82 Å². The summed E-state index contributed by atoms with van der Waals surface area (Å²) in [6.07, 6.45) is 3.95. The Kier molecular flexibility index (Phi) is 7.22. The van der Waals surface area contributed by atoms with Crippen LogP contribution in [0.3, 0.4) is 0 Å². The van der Waals surface area contributed by atoms with E-state index >= 15 is 0 Å². The predicted octanol–water partition coefficient (Wildman–Crippen LogP) is 0.374. The Morgan fingerprint density at radius 2 is 2.12 bits per heavy atom. The van der Waals surface area contributed by atoms with Gasteiger partial charge in [0.1, 0.15) is 23.1 Å². The maximum atomic E-state index is 13.4. The zero-order valence-electron chi connectivity index (χ0n) is 18.1. The number of nitrogens with two attached hydrogens (primary N) is 1. The number of nitrogens with one attached hydrogen (secondary N) is 1. The molecule has 2 aromatic heterocycles. The van der Waals surface area contributed by atoms with E-state index in [0.29, 0.717) is 44.0 Å². The van der Waals surface area contributed by atoms with Crippen LogP contribution in [-0.4, -0.2) is 54.5 Å². The quantitative estimate of drug-likeness (QED) is 0.361. The van der Waals surface area contributed by atoms with Crippen molar-refractivity contribution in [3.63, 3.8) is 0 Å². The number of aromatic nitrogens is 2. The second-order valence-electron chi connectivity index (χ2n) is 7.62. The summed E-state index contributed by atoms with van der Waals surface area (Å²) in [7, 11) is 1.50. The molecule has 1 fully saturated rings. The van der Waals surface area contributed by atoms with Crippen molar-refractivity contribution in [1.82, 2.24) is 14.7 Å². The van der Waals surface area contributed by atoms with Gasteiger partial charge in [-0.1, -0.05) is 6.07 Å². The fourth-order valence-electron chi connectivity index (χ4n) is 3.70. The third kappa shape index (κ3) is 4.78. The van der Waals surface area contributed by atoms with Crippen LogP contribution >= 0.6 is 0 Å². The molecular weight excluding hydrogens is 412 g/mol. The van der Waals surface area contributed by atoms with Crippen molar-refractivity contribution in [1.29, 1.82) is 5.26 Å². The van der Waals surface area contributed by atoms with Gasteiger partial charge in [-0.15, -0.1) is 0 Å². The fourth-order valence-corrected chi connectivity index (χ4v) is 3.70. The third-order valence-corrected chi connectivity index (χ3v) is 5.51. The zero-order valence-corrected chi connectivity index (χ0v) is 18.1. The number of primary amides is 1. The first-order valence-corrected chi connectivity index (χ1v) is 10.3. The number of piperidine rings is 1. The lowest BCUT2D eigenvalue weighted by atomic mass is 9.96. The number of hydrogen-bond acceptors (Lipinski definition) is 7. The zero-order chi connectivity index (χ0) is 23.3. The minimum absolute atomic E-state index is 0.143. The summed E-state index contributed by atoms with van der Waals surface area (Å²) in [6.45, 7) is 3.33. The number of methoxy groups -OCH3 is 1. The Morgan fingerprint density at radius 1 is 1.41 bits per heavy atom. The van der Waals surface area contributed by atoms with Crippen molar-refractivity contribution in [2.45, 2.75) is 19.8 Å². The number of hydrogen-bond donors (Lipinski definition) is 2. The number of anilines is 1. The van der Waals surface area contributed by atoms with Gasteiger partial charge >= 0.3 is 0 Å². The number of fused-ring (bicyclic) bond motifs is 1. The Bertz CT molecular complexity index is 1160. The van der Waals surface area contributed by atoms with Crippen LogP contribution in [0.25, 0.3) is 11.7 Å². The fraction of sp³-hybridized carbons (Fsp3) is 0.409. The van der Waals surface area contributed by atoms with Gasteiger partial charge < -0.3 is 20.7 Å². The van der Waals surface area contributed by atoms with Crippen molar-refractivity contribution >= 4 is 29.4 Å². The van der Waals surface area contributed by atoms with E-state index in [9.17, 15) is 19.6 Å². The number of aryl methyl sites for hydroxylation is 1. The molecule has 0 bridgehead atoms. The number of rotatable bonds is 7. The maximum absolute atomic E-state index is 13.4. The molecule has 0 unspecified atom stereocenters. The molecule has 1 aliphatic rings.